The third-order valence-electron chi connectivity index (χ3n) is 4.71. The first-order chi connectivity index (χ1) is 11.9. The molecule has 2 aliphatic rings. The molecule has 1 unspecified atom stereocenters. The Morgan fingerprint density at radius 1 is 1.36 bits per heavy atom. The molecular weight excluding hydrogens is 322 g/mol. The highest BCUT2D eigenvalue weighted by molar-refractivity contribution is 6.00. The highest BCUT2D eigenvalue weighted by Crippen LogP contribution is 2.45. The van der Waals surface area contributed by atoms with Crippen molar-refractivity contribution >= 4 is 11.7 Å². The van der Waals surface area contributed by atoms with E-state index in [1.165, 1.54) is 7.11 Å². The Kier molecular flexibility index (Phi) is 3.31. The number of carbonyl (C=O) groups excluding carboxylic acids is 1. The Balaban J connectivity index is 1.88. The van der Waals surface area contributed by atoms with Crippen molar-refractivity contribution in [1.29, 1.82) is 0 Å². The van der Waals surface area contributed by atoms with Crippen molar-refractivity contribution < 1.29 is 14.6 Å². The van der Waals surface area contributed by atoms with Crippen LogP contribution >= 0.6 is 0 Å². The smallest absolute Gasteiger partial charge is 0.248 e. The van der Waals surface area contributed by atoms with E-state index in [0.29, 0.717) is 23.7 Å². The number of hydrogen-bond donors (Lipinski definition) is 2. The fourth-order valence-corrected chi connectivity index (χ4v) is 3.66. The minimum absolute atomic E-state index is 0.0129. The maximum absolute atomic E-state index is 12.9. The Morgan fingerprint density at radius 2 is 2.16 bits per heavy atom. The molecule has 8 nitrogen and oxygen atoms in total. The summed E-state index contributed by atoms with van der Waals surface area (Å²) in [4.78, 5) is 12.9. The molecule has 2 aromatic rings. The maximum atomic E-state index is 12.9. The van der Waals surface area contributed by atoms with E-state index >= 15 is 0 Å². The lowest BCUT2D eigenvalue weighted by atomic mass is 9.73. The van der Waals surface area contributed by atoms with E-state index in [1.807, 2.05) is 6.07 Å². The zero-order chi connectivity index (χ0) is 17.8. The van der Waals surface area contributed by atoms with Gasteiger partial charge in [0, 0.05) is 17.7 Å². The number of aromatic nitrogens is 4. The van der Waals surface area contributed by atoms with Gasteiger partial charge in [-0.1, -0.05) is 25.0 Å². The first kappa shape index (κ1) is 15.6. The van der Waals surface area contributed by atoms with E-state index in [2.05, 4.69) is 34.7 Å². The maximum Gasteiger partial charge on any atom is 0.248 e. The van der Waals surface area contributed by atoms with Gasteiger partial charge in [-0.2, -0.15) is 4.68 Å². The topological polar surface area (TPSA) is 102 Å². The number of fused-ring (bicyclic) bond motifs is 1. The second kappa shape index (κ2) is 5.30. The Morgan fingerprint density at radius 3 is 2.88 bits per heavy atom. The summed E-state index contributed by atoms with van der Waals surface area (Å²) >= 11 is 0. The van der Waals surface area contributed by atoms with E-state index in [4.69, 9.17) is 4.74 Å². The third-order valence-corrected chi connectivity index (χ3v) is 4.71. The lowest BCUT2D eigenvalue weighted by molar-refractivity contribution is -0.118. The number of phenols is 1. The van der Waals surface area contributed by atoms with Crippen molar-refractivity contribution in [2.45, 2.75) is 32.7 Å². The number of ketones is 1. The van der Waals surface area contributed by atoms with Gasteiger partial charge < -0.3 is 15.2 Å². The van der Waals surface area contributed by atoms with Crippen LogP contribution in [0.3, 0.4) is 0 Å². The van der Waals surface area contributed by atoms with E-state index in [-0.39, 0.29) is 16.9 Å². The molecule has 25 heavy (non-hydrogen) atoms. The highest BCUT2D eigenvalue weighted by atomic mass is 16.5. The summed E-state index contributed by atoms with van der Waals surface area (Å²) < 4.78 is 6.69. The van der Waals surface area contributed by atoms with Crippen molar-refractivity contribution in [3.05, 3.63) is 35.0 Å². The van der Waals surface area contributed by atoms with Gasteiger partial charge in [-0.3, -0.25) is 4.79 Å². The summed E-state index contributed by atoms with van der Waals surface area (Å²) in [6.45, 7) is 4.14. The van der Waals surface area contributed by atoms with Gasteiger partial charge in [-0.15, -0.1) is 0 Å². The predicted octanol–water partition coefficient (Wildman–Crippen LogP) is 2.05. The van der Waals surface area contributed by atoms with Crippen LogP contribution in [-0.4, -0.2) is 38.2 Å². The van der Waals surface area contributed by atoms with Crippen LogP contribution in [0.2, 0.25) is 0 Å². The normalized spacial score (nSPS) is 21.4. The largest absolute Gasteiger partial charge is 0.504 e. The summed E-state index contributed by atoms with van der Waals surface area (Å²) in [6.07, 6.45) is 1.20. The van der Waals surface area contributed by atoms with E-state index in [1.54, 1.807) is 16.8 Å². The van der Waals surface area contributed by atoms with Gasteiger partial charge >= 0.3 is 0 Å². The van der Waals surface area contributed by atoms with Crippen LogP contribution in [0.25, 0.3) is 0 Å². The van der Waals surface area contributed by atoms with E-state index in [9.17, 15) is 9.90 Å². The second-order valence-electron chi connectivity index (χ2n) is 7.24. The minimum atomic E-state index is -0.471. The Labute approximate surface area is 144 Å². The number of allylic oxidation sites excluding steroid dienone is 2. The number of carbonyl (C=O) groups is 1. The number of anilines is 1. The zero-order valence-electron chi connectivity index (χ0n) is 14.3. The third kappa shape index (κ3) is 2.45. The van der Waals surface area contributed by atoms with Gasteiger partial charge in [0.05, 0.1) is 7.11 Å². The fraction of sp³-hybridized carbons (Fsp3) is 0.412. The molecule has 1 aliphatic heterocycles. The molecule has 130 valence electrons. The monoisotopic (exact) mass is 341 g/mol. The molecule has 1 aromatic heterocycles. The molecule has 4 rings (SSSR count). The van der Waals surface area contributed by atoms with Gasteiger partial charge in [0.1, 0.15) is 6.04 Å². The molecule has 1 atom stereocenters. The summed E-state index contributed by atoms with van der Waals surface area (Å²) in [5.41, 5.74) is 2.12. The second-order valence-corrected chi connectivity index (χ2v) is 7.24. The molecule has 2 heterocycles. The van der Waals surface area contributed by atoms with E-state index < -0.39 is 6.04 Å². The van der Waals surface area contributed by atoms with Crippen LogP contribution in [-0.2, 0) is 4.79 Å². The van der Waals surface area contributed by atoms with Gasteiger partial charge in [0.2, 0.25) is 5.95 Å². The zero-order valence-corrected chi connectivity index (χ0v) is 14.3. The molecule has 0 saturated carbocycles. The van der Waals surface area contributed by atoms with Crippen molar-refractivity contribution in [3.63, 3.8) is 0 Å². The number of nitrogens with one attached hydrogen (secondary N) is 1. The molecule has 8 heteroatoms. The minimum Gasteiger partial charge on any atom is -0.504 e. The summed E-state index contributed by atoms with van der Waals surface area (Å²) in [5, 5.41) is 25.1. The van der Waals surface area contributed by atoms with Crippen LogP contribution in [0.1, 0.15) is 38.3 Å². The average Bonchev–Trinajstić information content (AvgIpc) is 2.99. The van der Waals surface area contributed by atoms with Crippen LogP contribution < -0.4 is 10.1 Å². The number of tetrazole rings is 1. The predicted molar refractivity (Wildman–Crippen MR) is 89.3 cm³/mol. The molecule has 0 radical (unpaired) electrons. The van der Waals surface area contributed by atoms with Gasteiger partial charge in [0.15, 0.2) is 17.3 Å². The molecule has 1 aromatic carbocycles. The number of phenolic OH excluding ortho intramolecular Hbond substituents is 1. The average molecular weight is 341 g/mol. The number of benzene rings is 1. The van der Waals surface area contributed by atoms with Crippen LogP contribution in [0, 0.1) is 5.41 Å². The van der Waals surface area contributed by atoms with E-state index in [0.717, 1.165) is 17.7 Å². The lowest BCUT2D eigenvalue weighted by Gasteiger charge is -2.37. The quantitative estimate of drug-likeness (QED) is 0.862. The van der Waals surface area contributed by atoms with Crippen molar-refractivity contribution in [3.8, 4) is 11.5 Å². The summed E-state index contributed by atoms with van der Waals surface area (Å²) in [7, 11) is 1.49. The van der Waals surface area contributed by atoms with Gasteiger partial charge in [0.25, 0.3) is 0 Å². The van der Waals surface area contributed by atoms with Crippen LogP contribution in [0.5, 0.6) is 11.5 Å². The lowest BCUT2D eigenvalue weighted by Crippen LogP contribution is -2.36. The number of nitrogens with zero attached hydrogens (tertiary/aromatic N) is 4. The molecule has 0 amide bonds. The fourth-order valence-electron chi connectivity index (χ4n) is 3.66. The molecule has 1 aliphatic carbocycles. The van der Waals surface area contributed by atoms with Crippen molar-refractivity contribution in [2.24, 2.45) is 5.41 Å². The number of hydrogen-bond acceptors (Lipinski definition) is 7. The number of rotatable bonds is 2. The molecule has 0 fully saturated rings. The molecule has 0 spiro atoms. The number of Topliss-reactive ketones (excluding diaryl/α,β-unsaturated/α-hetero) is 1. The number of ether oxygens (including phenoxy) is 1. The van der Waals surface area contributed by atoms with Crippen molar-refractivity contribution in [1.82, 2.24) is 20.2 Å². The molecule has 2 N–H and O–H groups in total. The number of methoxy groups -OCH3 is 1. The SMILES string of the molecule is COc1ccc(C2C3=C(CC(C)(C)CC3=O)Nc3nnnn32)cc1O. The molecule has 0 saturated heterocycles. The highest BCUT2D eigenvalue weighted by Gasteiger charge is 2.41. The molecular formula is C17H19N5O3. The Bertz CT molecular complexity index is 899. The van der Waals surface area contributed by atoms with Crippen molar-refractivity contribution in [2.75, 3.05) is 12.4 Å². The van der Waals surface area contributed by atoms with Gasteiger partial charge in [-0.05, 0) is 40.0 Å². The summed E-state index contributed by atoms with van der Waals surface area (Å²) in [6, 6.07) is 4.62. The standard InChI is InChI=1S/C17H19N5O3/c1-17(2)7-10-14(12(24)8-17)15(22-16(18-10)19-20-21-22)9-4-5-13(25-3)11(23)6-9/h4-6,15,23H,7-8H2,1-3H3,(H,18,19,21). The summed E-state index contributed by atoms with van der Waals surface area (Å²) in [5.74, 6) is 0.948. The molecule has 0 bridgehead atoms. The van der Waals surface area contributed by atoms with Crippen LogP contribution in [0.15, 0.2) is 29.5 Å². The van der Waals surface area contributed by atoms with Crippen LogP contribution in [0.4, 0.5) is 5.95 Å². The number of aromatic hydroxyl groups is 1. The van der Waals surface area contributed by atoms with Gasteiger partial charge in [-0.25, -0.2) is 0 Å². The Hall–Kier alpha value is -2.90. The first-order valence-corrected chi connectivity index (χ1v) is 8.08. The first-order valence-electron chi connectivity index (χ1n) is 8.08.